The molecule has 0 radical (unpaired) electrons. The van der Waals surface area contributed by atoms with Gasteiger partial charge >= 0.3 is 54.3 Å². The fraction of sp³-hybridized carbons (Fsp3) is 0.559. The molecule has 22 heteroatoms. The molecule has 3 atom stereocenters. The maximum atomic E-state index is 11.7. The maximum absolute atomic E-state index is 11.7. The van der Waals surface area contributed by atoms with E-state index in [-0.39, 0.29) is 70.8 Å². The van der Waals surface area contributed by atoms with E-state index in [2.05, 4.69) is 28.4 Å². The number of nitrogens with two attached hydrogens (primary N) is 1. The second kappa shape index (κ2) is 31.2. The Hall–Kier alpha value is -6.19. The summed E-state index contributed by atoms with van der Waals surface area (Å²) in [4.78, 5) is 97.3. The maximum Gasteiger partial charge on any atom is 0.511 e. The molecule has 0 spiro atoms. The first-order chi connectivity index (χ1) is 26.3. The number of carbonyl (C=O) groups is 9. The van der Waals surface area contributed by atoms with Crippen LogP contribution >= 0.6 is 0 Å². The first-order valence-electron chi connectivity index (χ1n) is 16.8. The van der Waals surface area contributed by atoms with Crippen molar-refractivity contribution in [3.8, 4) is 0 Å². The molecule has 5 N–H and O–H groups in total. The Morgan fingerprint density at radius 1 is 0.536 bits per heavy atom. The summed E-state index contributed by atoms with van der Waals surface area (Å²) in [7, 11) is 0. The van der Waals surface area contributed by atoms with Crippen LogP contribution in [0.25, 0.3) is 0 Å². The van der Waals surface area contributed by atoms with Gasteiger partial charge in [0.1, 0.15) is 0 Å². The Morgan fingerprint density at radius 3 is 1.23 bits per heavy atom. The minimum Gasteiger partial charge on any atom is -0.481 e. The van der Waals surface area contributed by atoms with E-state index in [9.17, 15) is 43.2 Å². The largest absolute Gasteiger partial charge is 0.511 e. The van der Waals surface area contributed by atoms with Gasteiger partial charge in [-0.05, 0) is 31.4 Å². The Balaban J connectivity index is 0. The van der Waals surface area contributed by atoms with Crippen LogP contribution in [-0.2, 0) is 66.6 Å². The molecule has 0 saturated carbocycles. The van der Waals surface area contributed by atoms with Gasteiger partial charge in [0.2, 0.25) is 18.9 Å². The predicted molar refractivity (Wildman–Crippen MR) is 184 cm³/mol. The van der Waals surface area contributed by atoms with Gasteiger partial charge in [-0.25, -0.2) is 19.2 Å². The van der Waals surface area contributed by atoms with Crippen molar-refractivity contribution in [2.24, 2.45) is 11.7 Å². The summed E-state index contributed by atoms with van der Waals surface area (Å²) >= 11 is 0. The lowest BCUT2D eigenvalue weighted by Crippen LogP contribution is -2.26. The molecular formula is C34H49NO21. The molecule has 56 heavy (non-hydrogen) atoms. The van der Waals surface area contributed by atoms with Gasteiger partial charge in [0.25, 0.3) is 0 Å². The summed E-state index contributed by atoms with van der Waals surface area (Å²) in [6, 6.07) is 8.25. The van der Waals surface area contributed by atoms with Crippen molar-refractivity contribution in [1.29, 1.82) is 0 Å². The molecule has 0 fully saturated rings. The van der Waals surface area contributed by atoms with Crippen LogP contribution in [0.1, 0.15) is 83.5 Å². The van der Waals surface area contributed by atoms with E-state index in [1.165, 1.54) is 20.8 Å². The highest BCUT2D eigenvalue weighted by Crippen LogP contribution is 2.07. The number of rotatable bonds is 21. The molecule has 0 aromatic heterocycles. The van der Waals surface area contributed by atoms with E-state index in [4.69, 9.17) is 35.3 Å². The van der Waals surface area contributed by atoms with Gasteiger partial charge in [0.15, 0.2) is 0 Å². The summed E-state index contributed by atoms with van der Waals surface area (Å²) in [5, 5.41) is 25.1. The lowest BCUT2D eigenvalue weighted by Gasteiger charge is -2.15. The third-order valence-electron chi connectivity index (χ3n) is 5.55. The van der Waals surface area contributed by atoms with Crippen LogP contribution < -0.4 is 5.73 Å². The summed E-state index contributed by atoms with van der Waals surface area (Å²) in [5.74, 6) is -5.06. The van der Waals surface area contributed by atoms with Crippen molar-refractivity contribution in [3.05, 3.63) is 35.9 Å². The van der Waals surface area contributed by atoms with E-state index < -0.39 is 73.2 Å². The molecule has 22 nitrogen and oxygen atoms in total. The first-order valence-corrected chi connectivity index (χ1v) is 16.8. The minimum atomic E-state index is -1.11. The van der Waals surface area contributed by atoms with Crippen LogP contribution in [0.3, 0.4) is 0 Å². The van der Waals surface area contributed by atoms with E-state index in [0.29, 0.717) is 5.56 Å². The molecule has 0 aliphatic heterocycles. The Labute approximate surface area is 321 Å². The highest BCUT2D eigenvalue weighted by Gasteiger charge is 2.18. The van der Waals surface area contributed by atoms with E-state index in [1.807, 2.05) is 0 Å². The zero-order chi connectivity index (χ0) is 43.1. The van der Waals surface area contributed by atoms with Crippen LogP contribution in [0.5, 0.6) is 0 Å². The van der Waals surface area contributed by atoms with E-state index in [0.717, 1.165) is 0 Å². The molecular weight excluding hydrogens is 758 g/mol. The van der Waals surface area contributed by atoms with Gasteiger partial charge in [-0.1, -0.05) is 32.0 Å². The van der Waals surface area contributed by atoms with Crippen molar-refractivity contribution < 1.29 is 101 Å². The second-order valence-corrected chi connectivity index (χ2v) is 10.9. The zero-order valence-electron chi connectivity index (χ0n) is 31.5. The van der Waals surface area contributed by atoms with Gasteiger partial charge in [0.05, 0.1) is 37.8 Å². The van der Waals surface area contributed by atoms with Crippen LogP contribution in [-0.4, -0.2) is 115 Å². The summed E-state index contributed by atoms with van der Waals surface area (Å²) in [6.07, 6.45) is -6.03. The number of aliphatic carboxylic acids is 3. The van der Waals surface area contributed by atoms with Gasteiger partial charge in [-0.2, -0.15) is 0 Å². The highest BCUT2D eigenvalue weighted by atomic mass is 16.8. The lowest BCUT2D eigenvalue weighted by molar-refractivity contribution is -0.172. The number of carbonyl (C=O) groups excluding carboxylic acids is 6. The summed E-state index contributed by atoms with van der Waals surface area (Å²) < 4.78 is 41.8. The molecule has 1 rings (SSSR count). The average Bonchev–Trinajstić information content (AvgIpc) is 3.10. The molecule has 0 aliphatic carbocycles. The monoisotopic (exact) mass is 807 g/mol. The number of ether oxygens (including phenoxy) is 9. The molecule has 0 amide bonds. The molecule has 0 aliphatic rings. The Morgan fingerprint density at radius 2 is 0.893 bits per heavy atom. The summed E-state index contributed by atoms with van der Waals surface area (Å²) in [5.41, 5.74) is 5.31. The topological polar surface area (TPSA) is 323 Å². The van der Waals surface area contributed by atoms with E-state index in [1.54, 1.807) is 44.2 Å². The Kier molecular flexibility index (Phi) is 28.9. The lowest BCUT2D eigenvalue weighted by atomic mass is 10.2. The summed E-state index contributed by atoms with van der Waals surface area (Å²) in [6.45, 7) is 6.85. The minimum absolute atomic E-state index is 0.0595. The first kappa shape index (κ1) is 51.9. The fourth-order valence-electron chi connectivity index (χ4n) is 3.04. The smallest absolute Gasteiger partial charge is 0.481 e. The number of hydrogen-bond acceptors (Lipinski definition) is 19. The zero-order valence-corrected chi connectivity index (χ0v) is 31.5. The van der Waals surface area contributed by atoms with Crippen molar-refractivity contribution in [2.75, 3.05) is 26.4 Å². The third-order valence-corrected chi connectivity index (χ3v) is 5.55. The molecule has 0 heterocycles. The molecule has 1 aromatic rings. The third kappa shape index (κ3) is 32.5. The molecule has 3 unspecified atom stereocenters. The molecule has 316 valence electrons. The highest BCUT2D eigenvalue weighted by molar-refractivity contribution is 5.89. The molecule has 1 aromatic carbocycles. The SMILES string of the molecule is CC(OC(=O)CN)OC(=O)OCCCC(=O)O.CC(OC(=O)OCCCC(=O)O)OC(=O)C(C)C.CC(OC(=O)OCCCC(=O)O)OC(=O)c1ccccc1. The number of hydrogen-bond donors (Lipinski definition) is 4. The fourth-order valence-corrected chi connectivity index (χ4v) is 3.04. The predicted octanol–water partition coefficient (Wildman–Crippen LogP) is 3.61. The number of benzene rings is 1. The van der Waals surface area contributed by atoms with Gasteiger partial charge in [0, 0.05) is 40.0 Å². The van der Waals surface area contributed by atoms with Crippen LogP contribution in [0.2, 0.25) is 0 Å². The van der Waals surface area contributed by atoms with Crippen LogP contribution in [0.4, 0.5) is 14.4 Å². The Bertz CT molecular complexity index is 1380. The van der Waals surface area contributed by atoms with Crippen LogP contribution in [0, 0.1) is 5.92 Å². The van der Waals surface area contributed by atoms with Crippen molar-refractivity contribution in [1.82, 2.24) is 0 Å². The standard InChI is InChI=1S/C14H16O7.C11H18O7.C9H15NO7/c1-10(20-13(17)11-6-3-2-4-7-11)21-14(18)19-9-5-8-12(15)16;1-7(2)10(14)17-8(3)18-11(15)16-6-4-5-9(12)13;1-6(16-8(13)5-10)17-9(14)15-4-2-3-7(11)12/h2-4,6-7,10H,5,8-9H2,1H3,(H,15,16);7-8H,4-6H2,1-3H3,(H,12,13);6H,2-5,10H2,1H3,(H,11,12). The average molecular weight is 808 g/mol. The van der Waals surface area contributed by atoms with Crippen molar-refractivity contribution in [2.45, 2.75) is 92.0 Å². The molecule has 0 saturated heterocycles. The van der Waals surface area contributed by atoms with E-state index >= 15 is 0 Å². The van der Waals surface area contributed by atoms with Crippen molar-refractivity contribution >= 4 is 54.3 Å². The number of carboxylic acids is 3. The van der Waals surface area contributed by atoms with Gasteiger partial charge < -0.3 is 63.7 Å². The van der Waals surface area contributed by atoms with Crippen molar-refractivity contribution in [3.63, 3.8) is 0 Å². The van der Waals surface area contributed by atoms with Gasteiger partial charge in [-0.15, -0.1) is 0 Å². The second-order valence-electron chi connectivity index (χ2n) is 10.9. The van der Waals surface area contributed by atoms with Gasteiger partial charge in [-0.3, -0.25) is 24.0 Å². The number of esters is 3. The van der Waals surface area contributed by atoms with Crippen LogP contribution in [0.15, 0.2) is 30.3 Å². The molecule has 0 bridgehead atoms. The normalized spacial score (nSPS) is 11.5. The number of carboxylic acid groups (broad SMARTS) is 3. The quantitative estimate of drug-likeness (QED) is 0.0596.